The molecule has 3 aromatic rings. The molecule has 1 amide bonds. The van der Waals surface area contributed by atoms with Crippen LogP contribution < -0.4 is 4.90 Å². The summed E-state index contributed by atoms with van der Waals surface area (Å²) in [6.45, 7) is 5.70. The first-order valence-electron chi connectivity index (χ1n) is 9.35. The summed E-state index contributed by atoms with van der Waals surface area (Å²) in [6.07, 6.45) is 0. The Balaban J connectivity index is 1.94. The monoisotopic (exact) mass is 438 g/mol. The molecule has 1 aromatic heterocycles. The van der Waals surface area contributed by atoms with Crippen LogP contribution >= 0.6 is 22.9 Å². The van der Waals surface area contributed by atoms with Crippen molar-refractivity contribution in [3.8, 4) is 0 Å². The normalized spacial score (nSPS) is 18.3. The van der Waals surface area contributed by atoms with E-state index in [0.29, 0.717) is 21.3 Å². The fourth-order valence-corrected chi connectivity index (χ4v) is 4.48. The van der Waals surface area contributed by atoms with Crippen molar-refractivity contribution in [2.75, 3.05) is 4.90 Å². The highest BCUT2D eigenvalue weighted by atomic mass is 35.5. The maximum Gasteiger partial charge on any atom is 0.301 e. The first-order chi connectivity index (χ1) is 14.3. The highest BCUT2D eigenvalue weighted by molar-refractivity contribution is 7.16. The number of carbonyl (C=O) groups excluding carboxylic acids is 2. The van der Waals surface area contributed by atoms with Crippen molar-refractivity contribution in [1.82, 2.24) is 4.98 Å². The number of anilines is 1. The van der Waals surface area contributed by atoms with Crippen LogP contribution in [0.1, 0.15) is 33.3 Å². The Kier molecular flexibility index (Phi) is 5.22. The Morgan fingerprint density at radius 2 is 1.67 bits per heavy atom. The Morgan fingerprint density at radius 3 is 2.23 bits per heavy atom. The van der Waals surface area contributed by atoms with Crippen molar-refractivity contribution in [1.29, 1.82) is 0 Å². The van der Waals surface area contributed by atoms with E-state index in [1.54, 1.807) is 36.4 Å². The molecule has 30 heavy (non-hydrogen) atoms. The number of aryl methyl sites for hydroxylation is 3. The number of halogens is 1. The van der Waals surface area contributed by atoms with Gasteiger partial charge in [-0.25, -0.2) is 4.98 Å². The van der Waals surface area contributed by atoms with Gasteiger partial charge < -0.3 is 5.11 Å². The summed E-state index contributed by atoms with van der Waals surface area (Å²) in [5.41, 5.74) is 3.00. The van der Waals surface area contributed by atoms with Gasteiger partial charge >= 0.3 is 5.91 Å². The molecule has 0 bridgehead atoms. The maximum atomic E-state index is 13.1. The average Bonchev–Trinajstić information content (AvgIpc) is 3.18. The number of carbonyl (C=O) groups is 2. The van der Waals surface area contributed by atoms with Gasteiger partial charge in [-0.2, -0.15) is 0 Å². The highest BCUT2D eigenvalue weighted by Gasteiger charge is 2.48. The summed E-state index contributed by atoms with van der Waals surface area (Å²) in [5.74, 6) is -1.66. The largest absolute Gasteiger partial charge is 0.507 e. The van der Waals surface area contributed by atoms with E-state index in [9.17, 15) is 14.7 Å². The van der Waals surface area contributed by atoms with Crippen LogP contribution in [0.15, 0.2) is 54.1 Å². The number of ketones is 1. The number of aliphatic hydroxyl groups is 1. The van der Waals surface area contributed by atoms with E-state index in [0.717, 1.165) is 16.1 Å². The molecule has 1 fully saturated rings. The second kappa shape index (κ2) is 7.70. The van der Waals surface area contributed by atoms with Crippen LogP contribution in [0.2, 0.25) is 5.02 Å². The van der Waals surface area contributed by atoms with E-state index in [1.165, 1.54) is 16.2 Å². The summed E-state index contributed by atoms with van der Waals surface area (Å²) in [6, 6.07) is 13.2. The molecule has 7 heteroatoms. The van der Waals surface area contributed by atoms with Crippen molar-refractivity contribution in [3.63, 3.8) is 0 Å². The third-order valence-corrected chi connectivity index (χ3v) is 6.50. The summed E-state index contributed by atoms with van der Waals surface area (Å²) in [4.78, 5) is 32.9. The van der Waals surface area contributed by atoms with Gasteiger partial charge in [0.25, 0.3) is 5.78 Å². The summed E-state index contributed by atoms with van der Waals surface area (Å²) in [7, 11) is 0. The highest BCUT2D eigenvalue weighted by Crippen LogP contribution is 2.43. The standard InChI is InChI=1S/C23H19ClN2O3S/c1-12-4-6-16(7-5-12)20(27)18-19(15-8-10-17(24)11-9-15)26(22(29)21(18)28)23-25-13(2)14(3)30-23/h4-11,19,27H,1-3H3. The van der Waals surface area contributed by atoms with Gasteiger partial charge in [-0.1, -0.05) is 53.6 Å². The number of thiazole rings is 1. The van der Waals surface area contributed by atoms with Gasteiger partial charge in [0, 0.05) is 15.5 Å². The molecule has 0 radical (unpaired) electrons. The Labute approximate surface area is 183 Å². The van der Waals surface area contributed by atoms with Gasteiger partial charge in [0.1, 0.15) is 5.76 Å². The Morgan fingerprint density at radius 1 is 1.03 bits per heavy atom. The molecule has 0 aliphatic carbocycles. The number of amides is 1. The lowest BCUT2D eigenvalue weighted by molar-refractivity contribution is -0.132. The van der Waals surface area contributed by atoms with Crippen molar-refractivity contribution in [2.24, 2.45) is 0 Å². The molecule has 152 valence electrons. The molecule has 0 spiro atoms. The quantitative estimate of drug-likeness (QED) is 0.340. The fraction of sp³-hybridized carbons (Fsp3) is 0.174. The number of hydrogen-bond acceptors (Lipinski definition) is 5. The smallest absolute Gasteiger partial charge is 0.301 e. The van der Waals surface area contributed by atoms with Gasteiger partial charge in [0.15, 0.2) is 5.13 Å². The first kappa shape index (κ1) is 20.3. The lowest BCUT2D eigenvalue weighted by Crippen LogP contribution is -2.29. The van der Waals surface area contributed by atoms with Crippen LogP contribution in [0.5, 0.6) is 0 Å². The third-order valence-electron chi connectivity index (χ3n) is 5.18. The van der Waals surface area contributed by atoms with Gasteiger partial charge in [-0.3, -0.25) is 14.5 Å². The maximum absolute atomic E-state index is 13.1. The van der Waals surface area contributed by atoms with Gasteiger partial charge in [0.2, 0.25) is 0 Å². The second-order valence-corrected chi connectivity index (χ2v) is 8.84. The summed E-state index contributed by atoms with van der Waals surface area (Å²) in [5, 5.41) is 12.0. The van der Waals surface area contributed by atoms with E-state index in [1.807, 2.05) is 32.9 Å². The SMILES string of the molecule is Cc1ccc(C(O)=C2C(=O)C(=O)N(c3nc(C)c(C)s3)C2c2ccc(Cl)cc2)cc1. The summed E-state index contributed by atoms with van der Waals surface area (Å²) >= 11 is 7.39. The molecule has 1 aliphatic rings. The molecule has 2 heterocycles. The number of aliphatic hydroxyl groups excluding tert-OH is 1. The van der Waals surface area contributed by atoms with E-state index in [2.05, 4.69) is 4.98 Å². The minimum Gasteiger partial charge on any atom is -0.507 e. The van der Waals surface area contributed by atoms with Crippen molar-refractivity contribution in [3.05, 3.63) is 86.4 Å². The van der Waals surface area contributed by atoms with Crippen molar-refractivity contribution in [2.45, 2.75) is 26.8 Å². The number of hydrogen-bond donors (Lipinski definition) is 1. The lowest BCUT2D eigenvalue weighted by atomic mass is 9.95. The van der Waals surface area contributed by atoms with Crippen LogP contribution in [0.25, 0.3) is 5.76 Å². The van der Waals surface area contributed by atoms with Crippen LogP contribution in [0.3, 0.4) is 0 Å². The molecule has 5 nitrogen and oxygen atoms in total. The van der Waals surface area contributed by atoms with Gasteiger partial charge in [0.05, 0.1) is 17.3 Å². The molecule has 1 saturated heterocycles. The zero-order valence-electron chi connectivity index (χ0n) is 16.6. The fourth-order valence-electron chi connectivity index (χ4n) is 3.42. The molecule has 1 atom stereocenters. The summed E-state index contributed by atoms with van der Waals surface area (Å²) < 4.78 is 0. The van der Waals surface area contributed by atoms with Crippen LogP contribution in [0, 0.1) is 20.8 Å². The average molecular weight is 439 g/mol. The zero-order valence-corrected chi connectivity index (χ0v) is 18.2. The predicted molar refractivity (Wildman–Crippen MR) is 119 cm³/mol. The Hall–Kier alpha value is -2.96. The molecule has 1 N–H and O–H groups in total. The molecule has 1 unspecified atom stereocenters. The van der Waals surface area contributed by atoms with Crippen LogP contribution in [-0.2, 0) is 9.59 Å². The molecule has 0 saturated carbocycles. The topological polar surface area (TPSA) is 70.5 Å². The van der Waals surface area contributed by atoms with E-state index in [-0.39, 0.29) is 11.3 Å². The minimum atomic E-state index is -0.798. The number of rotatable bonds is 3. The van der Waals surface area contributed by atoms with Gasteiger partial charge in [-0.05, 0) is 38.5 Å². The van der Waals surface area contributed by atoms with Crippen molar-refractivity contribution < 1.29 is 14.7 Å². The number of nitrogens with zero attached hydrogens (tertiary/aromatic N) is 2. The minimum absolute atomic E-state index is 0.0386. The molecular weight excluding hydrogens is 420 g/mol. The van der Waals surface area contributed by atoms with Crippen molar-refractivity contribution >= 4 is 45.5 Å². The number of benzene rings is 2. The zero-order chi connectivity index (χ0) is 21.6. The number of aromatic nitrogens is 1. The lowest BCUT2D eigenvalue weighted by Gasteiger charge is -2.23. The van der Waals surface area contributed by atoms with E-state index < -0.39 is 17.7 Å². The predicted octanol–water partition coefficient (Wildman–Crippen LogP) is 5.35. The molecular formula is C23H19ClN2O3S. The van der Waals surface area contributed by atoms with E-state index >= 15 is 0 Å². The molecule has 2 aromatic carbocycles. The van der Waals surface area contributed by atoms with Crippen LogP contribution in [-0.4, -0.2) is 21.8 Å². The Bertz CT molecular complexity index is 1160. The van der Waals surface area contributed by atoms with E-state index in [4.69, 9.17) is 11.6 Å². The molecule has 4 rings (SSSR count). The third kappa shape index (κ3) is 3.42. The second-order valence-electron chi connectivity index (χ2n) is 7.22. The number of Topliss-reactive ketones (excluding diaryl/α,β-unsaturated/α-hetero) is 1. The molecule has 1 aliphatic heterocycles. The first-order valence-corrected chi connectivity index (χ1v) is 10.5. The van der Waals surface area contributed by atoms with Crippen LogP contribution in [0.4, 0.5) is 5.13 Å². The van der Waals surface area contributed by atoms with Gasteiger partial charge in [-0.15, -0.1) is 11.3 Å².